The Kier molecular flexibility index (Phi) is 3.83. The molecule has 0 saturated heterocycles. The highest BCUT2D eigenvalue weighted by atomic mass is 16.3. The second kappa shape index (κ2) is 5.34. The summed E-state index contributed by atoms with van der Waals surface area (Å²) in [5.41, 5.74) is 0.980. The highest BCUT2D eigenvalue weighted by molar-refractivity contribution is 5.37. The lowest BCUT2D eigenvalue weighted by Gasteiger charge is -2.15. The second-order valence-corrected chi connectivity index (χ2v) is 4.82. The standard InChI is InChI=1S/C12H21N3O/c1-15-9-11(7-14-15)13-8-12(16)6-10-4-2-3-5-10/h7,9-10,12-13,16H,2-6,8H2,1H3. The van der Waals surface area contributed by atoms with Crippen molar-refractivity contribution in [3.05, 3.63) is 12.4 Å². The van der Waals surface area contributed by atoms with Crippen LogP contribution in [0, 0.1) is 5.92 Å². The Labute approximate surface area is 96.7 Å². The van der Waals surface area contributed by atoms with Crippen LogP contribution in [0.25, 0.3) is 0 Å². The van der Waals surface area contributed by atoms with Crippen molar-refractivity contribution in [3.63, 3.8) is 0 Å². The average molecular weight is 223 g/mol. The van der Waals surface area contributed by atoms with Crippen molar-refractivity contribution in [3.8, 4) is 0 Å². The summed E-state index contributed by atoms with van der Waals surface area (Å²) in [6, 6.07) is 0. The van der Waals surface area contributed by atoms with Crippen LogP contribution >= 0.6 is 0 Å². The van der Waals surface area contributed by atoms with Crippen molar-refractivity contribution < 1.29 is 5.11 Å². The predicted octanol–water partition coefficient (Wildman–Crippen LogP) is 1.77. The van der Waals surface area contributed by atoms with Crippen LogP contribution in [-0.4, -0.2) is 27.5 Å². The lowest BCUT2D eigenvalue weighted by molar-refractivity contribution is 0.155. The SMILES string of the molecule is Cn1cc(NCC(O)CC2CCCC2)cn1. The molecule has 16 heavy (non-hydrogen) atoms. The molecular weight excluding hydrogens is 202 g/mol. The molecule has 90 valence electrons. The molecule has 0 amide bonds. The largest absolute Gasteiger partial charge is 0.391 e. The fourth-order valence-electron chi connectivity index (χ4n) is 2.46. The highest BCUT2D eigenvalue weighted by Gasteiger charge is 2.18. The van der Waals surface area contributed by atoms with Crippen molar-refractivity contribution in [1.29, 1.82) is 0 Å². The molecule has 2 N–H and O–H groups in total. The van der Waals surface area contributed by atoms with Gasteiger partial charge in [-0.2, -0.15) is 5.10 Å². The number of nitrogens with one attached hydrogen (secondary N) is 1. The minimum Gasteiger partial charge on any atom is -0.391 e. The van der Waals surface area contributed by atoms with Crippen molar-refractivity contribution in [1.82, 2.24) is 9.78 Å². The Morgan fingerprint density at radius 2 is 2.31 bits per heavy atom. The van der Waals surface area contributed by atoms with Gasteiger partial charge in [-0.1, -0.05) is 25.7 Å². The summed E-state index contributed by atoms with van der Waals surface area (Å²) in [4.78, 5) is 0. The van der Waals surface area contributed by atoms with E-state index in [1.807, 2.05) is 13.2 Å². The third kappa shape index (κ3) is 3.23. The van der Waals surface area contributed by atoms with Crippen LogP contribution in [0.5, 0.6) is 0 Å². The third-order valence-electron chi connectivity index (χ3n) is 3.33. The number of hydrogen-bond acceptors (Lipinski definition) is 3. The maximum Gasteiger partial charge on any atom is 0.0727 e. The Balaban J connectivity index is 1.68. The van der Waals surface area contributed by atoms with Crippen molar-refractivity contribution in [2.75, 3.05) is 11.9 Å². The summed E-state index contributed by atoms with van der Waals surface area (Å²) in [7, 11) is 1.89. The lowest BCUT2D eigenvalue weighted by Crippen LogP contribution is -2.21. The molecule has 1 unspecified atom stereocenters. The Morgan fingerprint density at radius 1 is 1.56 bits per heavy atom. The van der Waals surface area contributed by atoms with E-state index in [2.05, 4.69) is 10.4 Å². The first-order valence-electron chi connectivity index (χ1n) is 6.14. The first kappa shape index (κ1) is 11.5. The van der Waals surface area contributed by atoms with Gasteiger partial charge < -0.3 is 10.4 Å². The van der Waals surface area contributed by atoms with E-state index < -0.39 is 0 Å². The molecule has 0 spiro atoms. The van der Waals surface area contributed by atoms with Gasteiger partial charge in [-0.25, -0.2) is 0 Å². The molecule has 0 bridgehead atoms. The summed E-state index contributed by atoms with van der Waals surface area (Å²) in [6.45, 7) is 0.627. The quantitative estimate of drug-likeness (QED) is 0.800. The second-order valence-electron chi connectivity index (χ2n) is 4.82. The molecule has 1 aromatic rings. The molecular formula is C12H21N3O. The van der Waals surface area contributed by atoms with Gasteiger partial charge in [-0.3, -0.25) is 4.68 Å². The van der Waals surface area contributed by atoms with Crippen molar-refractivity contribution >= 4 is 5.69 Å². The molecule has 1 aromatic heterocycles. The van der Waals surface area contributed by atoms with Gasteiger partial charge in [0.15, 0.2) is 0 Å². The van der Waals surface area contributed by atoms with Gasteiger partial charge in [0.2, 0.25) is 0 Å². The fraction of sp³-hybridized carbons (Fsp3) is 0.750. The van der Waals surface area contributed by atoms with Gasteiger partial charge in [0.05, 0.1) is 18.0 Å². The summed E-state index contributed by atoms with van der Waals surface area (Å²) in [6.07, 6.45) is 9.68. The monoisotopic (exact) mass is 223 g/mol. The molecule has 0 aliphatic heterocycles. The molecule has 1 atom stereocenters. The third-order valence-corrected chi connectivity index (χ3v) is 3.33. The van der Waals surface area contributed by atoms with Crippen LogP contribution < -0.4 is 5.32 Å². The van der Waals surface area contributed by atoms with Crippen LogP contribution in [0.2, 0.25) is 0 Å². The molecule has 1 fully saturated rings. The van der Waals surface area contributed by atoms with E-state index in [4.69, 9.17) is 0 Å². The number of rotatable bonds is 5. The number of anilines is 1. The van der Waals surface area contributed by atoms with E-state index >= 15 is 0 Å². The van der Waals surface area contributed by atoms with Crippen molar-refractivity contribution in [2.24, 2.45) is 13.0 Å². The normalized spacial score (nSPS) is 18.9. The topological polar surface area (TPSA) is 50.1 Å². The minimum absolute atomic E-state index is 0.233. The van der Waals surface area contributed by atoms with Gasteiger partial charge in [-0.15, -0.1) is 0 Å². The van der Waals surface area contributed by atoms with Gasteiger partial charge in [0.25, 0.3) is 0 Å². The van der Waals surface area contributed by atoms with E-state index in [-0.39, 0.29) is 6.10 Å². The van der Waals surface area contributed by atoms with Crippen LogP contribution in [-0.2, 0) is 7.05 Å². The summed E-state index contributed by atoms with van der Waals surface area (Å²) in [5.74, 6) is 0.741. The van der Waals surface area contributed by atoms with E-state index in [1.54, 1.807) is 10.9 Å². The summed E-state index contributed by atoms with van der Waals surface area (Å²) >= 11 is 0. The number of aromatic nitrogens is 2. The first-order chi connectivity index (χ1) is 7.74. The van der Waals surface area contributed by atoms with Gasteiger partial charge in [0.1, 0.15) is 0 Å². The highest BCUT2D eigenvalue weighted by Crippen LogP contribution is 2.28. The zero-order chi connectivity index (χ0) is 11.4. The molecule has 1 aliphatic carbocycles. The number of aliphatic hydroxyl groups excluding tert-OH is 1. The number of aryl methyl sites for hydroxylation is 1. The van der Waals surface area contributed by atoms with Gasteiger partial charge in [0, 0.05) is 19.8 Å². The zero-order valence-electron chi connectivity index (χ0n) is 9.89. The van der Waals surface area contributed by atoms with E-state index in [0.29, 0.717) is 6.54 Å². The molecule has 1 aliphatic rings. The summed E-state index contributed by atoms with van der Waals surface area (Å²) < 4.78 is 1.76. The number of hydrogen-bond donors (Lipinski definition) is 2. The Bertz CT molecular complexity index is 318. The fourth-order valence-corrected chi connectivity index (χ4v) is 2.46. The number of aliphatic hydroxyl groups is 1. The lowest BCUT2D eigenvalue weighted by atomic mass is 10.0. The van der Waals surface area contributed by atoms with Gasteiger partial charge >= 0.3 is 0 Å². The Hall–Kier alpha value is -1.03. The molecule has 4 nitrogen and oxygen atoms in total. The van der Waals surface area contributed by atoms with Crippen LogP contribution in [0.3, 0.4) is 0 Å². The molecule has 4 heteroatoms. The van der Waals surface area contributed by atoms with E-state index in [1.165, 1.54) is 25.7 Å². The molecule has 0 radical (unpaired) electrons. The summed E-state index contributed by atoms with van der Waals surface area (Å²) in [5, 5.41) is 17.2. The van der Waals surface area contributed by atoms with Crippen molar-refractivity contribution in [2.45, 2.75) is 38.2 Å². The van der Waals surface area contributed by atoms with E-state index in [9.17, 15) is 5.11 Å². The Morgan fingerprint density at radius 3 is 2.94 bits per heavy atom. The smallest absolute Gasteiger partial charge is 0.0727 e. The van der Waals surface area contributed by atoms with E-state index in [0.717, 1.165) is 18.0 Å². The van der Waals surface area contributed by atoms with Crippen LogP contribution in [0.15, 0.2) is 12.4 Å². The first-order valence-corrected chi connectivity index (χ1v) is 6.14. The zero-order valence-corrected chi connectivity index (χ0v) is 9.89. The molecule has 0 aromatic carbocycles. The predicted molar refractivity (Wildman–Crippen MR) is 64.3 cm³/mol. The van der Waals surface area contributed by atoms with Gasteiger partial charge in [-0.05, 0) is 12.3 Å². The maximum atomic E-state index is 9.89. The minimum atomic E-state index is -0.233. The average Bonchev–Trinajstić information content (AvgIpc) is 2.87. The van der Waals surface area contributed by atoms with Crippen LogP contribution in [0.1, 0.15) is 32.1 Å². The molecule has 1 heterocycles. The molecule has 2 rings (SSSR count). The maximum absolute atomic E-state index is 9.89. The molecule has 1 saturated carbocycles. The number of nitrogens with zero attached hydrogens (tertiary/aromatic N) is 2. The van der Waals surface area contributed by atoms with Crippen LogP contribution in [0.4, 0.5) is 5.69 Å².